The molecule has 0 unspecified atom stereocenters. The van der Waals surface area contributed by atoms with Crippen molar-refractivity contribution in [3.05, 3.63) is 0 Å². The van der Waals surface area contributed by atoms with E-state index in [4.69, 9.17) is 16.3 Å². The molecular formula is C7H13ClO2. The SMILES string of the molecule is CCC(C)(CC)OC(=O)Cl. The van der Waals surface area contributed by atoms with Gasteiger partial charge in [0.25, 0.3) is 0 Å². The Morgan fingerprint density at radius 2 is 1.90 bits per heavy atom. The van der Waals surface area contributed by atoms with Crippen LogP contribution in [0.2, 0.25) is 0 Å². The minimum absolute atomic E-state index is 0.376. The molecule has 0 saturated heterocycles. The maximum absolute atomic E-state index is 10.3. The summed E-state index contributed by atoms with van der Waals surface area (Å²) < 4.78 is 4.86. The molecule has 0 fully saturated rings. The highest BCUT2D eigenvalue weighted by atomic mass is 35.5. The molecule has 0 aromatic carbocycles. The predicted octanol–water partition coefficient (Wildman–Crippen LogP) is 2.94. The summed E-state index contributed by atoms with van der Waals surface area (Å²) in [7, 11) is 0. The van der Waals surface area contributed by atoms with Crippen LogP contribution in [-0.4, -0.2) is 11.0 Å². The van der Waals surface area contributed by atoms with Crippen molar-refractivity contribution in [2.75, 3.05) is 0 Å². The fourth-order valence-corrected chi connectivity index (χ4v) is 0.774. The van der Waals surface area contributed by atoms with Crippen LogP contribution in [0.1, 0.15) is 33.6 Å². The Kier molecular flexibility index (Phi) is 3.72. The van der Waals surface area contributed by atoms with Gasteiger partial charge in [0.15, 0.2) is 0 Å². The average molecular weight is 165 g/mol. The van der Waals surface area contributed by atoms with Gasteiger partial charge >= 0.3 is 5.43 Å². The van der Waals surface area contributed by atoms with E-state index < -0.39 is 5.43 Å². The van der Waals surface area contributed by atoms with Gasteiger partial charge in [0.2, 0.25) is 0 Å². The standard InChI is InChI=1S/C7H13ClO2/c1-4-7(3,5-2)10-6(8)9/h4-5H2,1-3H3. The van der Waals surface area contributed by atoms with E-state index in [0.29, 0.717) is 0 Å². The molecule has 0 spiro atoms. The van der Waals surface area contributed by atoms with Crippen LogP contribution in [-0.2, 0) is 4.74 Å². The number of hydrogen-bond acceptors (Lipinski definition) is 2. The molecule has 0 atom stereocenters. The first kappa shape index (κ1) is 9.76. The van der Waals surface area contributed by atoms with Gasteiger partial charge < -0.3 is 4.74 Å². The Balaban J connectivity index is 3.92. The zero-order valence-corrected chi connectivity index (χ0v) is 7.36. The van der Waals surface area contributed by atoms with E-state index in [-0.39, 0.29) is 5.60 Å². The number of halogens is 1. The molecule has 0 rings (SSSR count). The van der Waals surface area contributed by atoms with Gasteiger partial charge in [-0.25, -0.2) is 4.79 Å². The fraction of sp³-hybridized carbons (Fsp3) is 0.857. The first-order valence-corrected chi connectivity index (χ1v) is 3.80. The normalized spacial score (nSPS) is 11.2. The summed E-state index contributed by atoms with van der Waals surface area (Å²) in [6.07, 6.45) is 1.59. The van der Waals surface area contributed by atoms with Crippen LogP contribution in [0.5, 0.6) is 0 Å². The second kappa shape index (κ2) is 3.81. The van der Waals surface area contributed by atoms with Crippen molar-refractivity contribution in [1.82, 2.24) is 0 Å². The van der Waals surface area contributed by atoms with Crippen LogP contribution in [0.15, 0.2) is 0 Å². The molecule has 2 nitrogen and oxygen atoms in total. The van der Waals surface area contributed by atoms with E-state index >= 15 is 0 Å². The predicted molar refractivity (Wildman–Crippen MR) is 41.3 cm³/mol. The van der Waals surface area contributed by atoms with Gasteiger partial charge in [-0.1, -0.05) is 13.8 Å². The molecule has 0 aliphatic carbocycles. The van der Waals surface area contributed by atoms with Gasteiger partial charge in [0.1, 0.15) is 5.60 Å². The lowest BCUT2D eigenvalue weighted by atomic mass is 10.0. The third-order valence-corrected chi connectivity index (χ3v) is 1.90. The van der Waals surface area contributed by atoms with Crippen molar-refractivity contribution in [3.8, 4) is 0 Å². The van der Waals surface area contributed by atoms with Gasteiger partial charge in [0.05, 0.1) is 0 Å². The fourth-order valence-electron chi connectivity index (χ4n) is 0.588. The van der Waals surface area contributed by atoms with E-state index in [2.05, 4.69) is 0 Å². The molecule has 0 aliphatic rings. The Morgan fingerprint density at radius 1 is 1.50 bits per heavy atom. The number of ether oxygens (including phenoxy) is 1. The van der Waals surface area contributed by atoms with Crippen molar-refractivity contribution >= 4 is 17.0 Å². The quantitative estimate of drug-likeness (QED) is 0.600. The molecule has 0 radical (unpaired) electrons. The number of carbonyl (C=O) groups is 1. The Morgan fingerprint density at radius 3 is 2.00 bits per heavy atom. The Labute approximate surface area is 66.5 Å². The summed E-state index contributed by atoms with van der Waals surface area (Å²) in [6.45, 7) is 5.79. The highest BCUT2D eigenvalue weighted by molar-refractivity contribution is 6.61. The zero-order chi connectivity index (χ0) is 8.20. The molecule has 3 heteroatoms. The highest BCUT2D eigenvalue weighted by Crippen LogP contribution is 2.20. The number of carbonyl (C=O) groups excluding carboxylic acids is 1. The van der Waals surface area contributed by atoms with Crippen molar-refractivity contribution < 1.29 is 9.53 Å². The van der Waals surface area contributed by atoms with E-state index in [0.717, 1.165) is 12.8 Å². The molecule has 0 aromatic rings. The van der Waals surface area contributed by atoms with Crippen LogP contribution in [0, 0.1) is 0 Å². The summed E-state index contributed by atoms with van der Waals surface area (Å²) in [5.74, 6) is 0. The molecule has 0 heterocycles. The van der Waals surface area contributed by atoms with Crippen LogP contribution < -0.4 is 0 Å². The molecule has 0 aromatic heterocycles. The van der Waals surface area contributed by atoms with Gasteiger partial charge in [-0.15, -0.1) is 0 Å². The van der Waals surface area contributed by atoms with E-state index in [1.54, 1.807) is 0 Å². The average Bonchev–Trinajstić information content (AvgIpc) is 1.87. The summed E-state index contributed by atoms with van der Waals surface area (Å²) in [5, 5.41) is 0. The highest BCUT2D eigenvalue weighted by Gasteiger charge is 2.23. The van der Waals surface area contributed by atoms with E-state index in [1.165, 1.54) is 0 Å². The lowest BCUT2D eigenvalue weighted by Gasteiger charge is -2.24. The van der Waals surface area contributed by atoms with Crippen molar-refractivity contribution in [3.63, 3.8) is 0 Å². The monoisotopic (exact) mass is 164 g/mol. The molecule has 0 amide bonds. The summed E-state index contributed by atoms with van der Waals surface area (Å²) in [5.41, 5.74) is -1.09. The lowest BCUT2D eigenvalue weighted by Crippen LogP contribution is -2.27. The van der Waals surface area contributed by atoms with Gasteiger partial charge in [-0.05, 0) is 19.8 Å². The molecule has 60 valence electrons. The molecule has 0 aliphatic heterocycles. The third-order valence-electron chi connectivity index (χ3n) is 1.82. The maximum Gasteiger partial charge on any atom is 0.404 e. The molecule has 0 bridgehead atoms. The number of rotatable bonds is 3. The zero-order valence-electron chi connectivity index (χ0n) is 6.61. The van der Waals surface area contributed by atoms with Crippen molar-refractivity contribution in [2.24, 2.45) is 0 Å². The summed E-state index contributed by atoms with van der Waals surface area (Å²) >= 11 is 5.06. The van der Waals surface area contributed by atoms with Crippen molar-refractivity contribution in [2.45, 2.75) is 39.2 Å². The summed E-state index contributed by atoms with van der Waals surface area (Å²) in [4.78, 5) is 10.3. The lowest BCUT2D eigenvalue weighted by molar-refractivity contribution is 0.0357. The topological polar surface area (TPSA) is 26.3 Å². The van der Waals surface area contributed by atoms with Gasteiger partial charge in [-0.2, -0.15) is 0 Å². The molecular weight excluding hydrogens is 152 g/mol. The first-order valence-electron chi connectivity index (χ1n) is 3.42. The van der Waals surface area contributed by atoms with Gasteiger partial charge in [0, 0.05) is 11.6 Å². The van der Waals surface area contributed by atoms with Crippen LogP contribution in [0.3, 0.4) is 0 Å². The smallest absolute Gasteiger partial charge is 0.404 e. The second-order valence-electron chi connectivity index (χ2n) is 2.50. The van der Waals surface area contributed by atoms with Crippen LogP contribution >= 0.6 is 11.6 Å². The largest absolute Gasteiger partial charge is 0.447 e. The van der Waals surface area contributed by atoms with Crippen LogP contribution in [0.25, 0.3) is 0 Å². The molecule has 0 N–H and O–H groups in total. The molecule has 10 heavy (non-hydrogen) atoms. The number of hydrogen-bond donors (Lipinski definition) is 0. The summed E-state index contributed by atoms with van der Waals surface area (Å²) in [6, 6.07) is 0. The Bertz CT molecular complexity index is 119. The van der Waals surface area contributed by atoms with Gasteiger partial charge in [-0.3, -0.25) is 0 Å². The minimum Gasteiger partial charge on any atom is -0.447 e. The van der Waals surface area contributed by atoms with E-state index in [1.807, 2.05) is 20.8 Å². The third kappa shape index (κ3) is 3.06. The second-order valence-corrected chi connectivity index (χ2v) is 2.81. The maximum atomic E-state index is 10.3. The molecule has 0 saturated carbocycles. The first-order chi connectivity index (χ1) is 4.54. The van der Waals surface area contributed by atoms with E-state index in [9.17, 15) is 4.79 Å². The van der Waals surface area contributed by atoms with Crippen molar-refractivity contribution in [1.29, 1.82) is 0 Å². The van der Waals surface area contributed by atoms with Crippen LogP contribution in [0.4, 0.5) is 4.79 Å². The Hall–Kier alpha value is -0.240. The minimum atomic E-state index is -0.716.